The Labute approximate surface area is 162 Å². The van der Waals surface area contributed by atoms with Crippen molar-refractivity contribution in [3.63, 3.8) is 0 Å². The number of thioether (sulfide) groups is 1. The highest BCUT2D eigenvalue weighted by molar-refractivity contribution is 8.01. The number of amides is 2. The van der Waals surface area contributed by atoms with Gasteiger partial charge in [0, 0.05) is 11.2 Å². The molecule has 3 atom stereocenters. The summed E-state index contributed by atoms with van der Waals surface area (Å²) < 4.78 is -0.244. The first-order valence-electron chi connectivity index (χ1n) is 9.68. The van der Waals surface area contributed by atoms with Crippen molar-refractivity contribution in [2.45, 2.75) is 81.0 Å². The maximum absolute atomic E-state index is 12.8. The van der Waals surface area contributed by atoms with E-state index >= 15 is 0 Å². The van der Waals surface area contributed by atoms with Gasteiger partial charge in [0.05, 0.1) is 0 Å². The quantitative estimate of drug-likeness (QED) is 0.603. The first-order valence-corrected chi connectivity index (χ1v) is 10.6. The molecule has 0 bridgehead atoms. The van der Waals surface area contributed by atoms with Crippen molar-refractivity contribution in [2.24, 2.45) is 0 Å². The van der Waals surface area contributed by atoms with Crippen molar-refractivity contribution in [3.8, 4) is 0 Å². The van der Waals surface area contributed by atoms with Crippen molar-refractivity contribution >= 4 is 23.6 Å². The fourth-order valence-electron chi connectivity index (χ4n) is 4.30. The summed E-state index contributed by atoms with van der Waals surface area (Å²) in [6, 6.07) is -0.701. The predicted octanol–water partition coefficient (Wildman–Crippen LogP) is 2.09. The molecule has 146 valence electrons. The second-order valence-electron chi connectivity index (χ2n) is 8.07. The SMILES string of the molecule is CC1(C)S[C@H]2C(NC(=O)C/C3=C/CCCCCC3)C(=O)N2C1c1nn[nH]n1. The summed E-state index contributed by atoms with van der Waals surface area (Å²) in [6.07, 6.45) is 9.52. The summed E-state index contributed by atoms with van der Waals surface area (Å²) in [7, 11) is 0. The number of carbonyl (C=O) groups excluding carboxylic acids is 2. The molecule has 27 heavy (non-hydrogen) atoms. The highest BCUT2D eigenvalue weighted by Crippen LogP contribution is 2.56. The third-order valence-electron chi connectivity index (χ3n) is 5.64. The van der Waals surface area contributed by atoms with Crippen molar-refractivity contribution in [1.29, 1.82) is 0 Å². The molecular weight excluding hydrogens is 364 g/mol. The molecule has 8 nitrogen and oxygen atoms in total. The summed E-state index contributed by atoms with van der Waals surface area (Å²) in [6.45, 7) is 4.14. The first-order chi connectivity index (χ1) is 13.0. The molecule has 2 fully saturated rings. The average molecular weight is 391 g/mol. The zero-order valence-corrected chi connectivity index (χ0v) is 16.6. The number of nitrogens with one attached hydrogen (secondary N) is 2. The summed E-state index contributed by atoms with van der Waals surface area (Å²) >= 11 is 1.68. The lowest BCUT2D eigenvalue weighted by molar-refractivity contribution is -0.151. The van der Waals surface area contributed by atoms with Crippen LogP contribution in [0.25, 0.3) is 0 Å². The van der Waals surface area contributed by atoms with Crippen LogP contribution in [0.5, 0.6) is 0 Å². The van der Waals surface area contributed by atoms with Crippen molar-refractivity contribution in [1.82, 2.24) is 30.8 Å². The Balaban J connectivity index is 1.40. The number of nitrogens with zero attached hydrogens (tertiary/aromatic N) is 4. The van der Waals surface area contributed by atoms with Crippen LogP contribution in [0.1, 0.15) is 70.7 Å². The Hall–Kier alpha value is -1.90. The van der Waals surface area contributed by atoms with E-state index in [1.165, 1.54) is 24.8 Å². The van der Waals surface area contributed by atoms with Gasteiger partial charge in [-0.05, 0) is 39.5 Å². The zero-order chi connectivity index (χ0) is 19.0. The van der Waals surface area contributed by atoms with Gasteiger partial charge in [-0.2, -0.15) is 5.21 Å². The van der Waals surface area contributed by atoms with E-state index in [1.807, 2.05) is 0 Å². The van der Waals surface area contributed by atoms with Crippen molar-refractivity contribution in [2.75, 3.05) is 0 Å². The second-order valence-corrected chi connectivity index (χ2v) is 9.84. The van der Waals surface area contributed by atoms with Gasteiger partial charge >= 0.3 is 0 Å². The Bertz CT molecular complexity index is 747. The predicted molar refractivity (Wildman–Crippen MR) is 102 cm³/mol. The van der Waals surface area contributed by atoms with Crippen LogP contribution in [-0.4, -0.2) is 53.5 Å². The summed E-state index contributed by atoms with van der Waals surface area (Å²) in [5, 5.41) is 17.1. The second kappa shape index (κ2) is 7.26. The molecular formula is C18H26N6O2S. The monoisotopic (exact) mass is 390 g/mol. The molecule has 1 aliphatic carbocycles. The van der Waals surface area contributed by atoms with E-state index in [-0.39, 0.29) is 28.0 Å². The Morgan fingerprint density at radius 2 is 2.19 bits per heavy atom. The minimum Gasteiger partial charge on any atom is -0.341 e. The number of carbonyl (C=O) groups is 2. The maximum atomic E-state index is 12.8. The number of hydrogen-bond acceptors (Lipinski definition) is 6. The number of β-lactam (4-membered cyclic amide) rings is 1. The van der Waals surface area contributed by atoms with Crippen LogP contribution >= 0.6 is 11.8 Å². The number of aromatic amines is 1. The smallest absolute Gasteiger partial charge is 0.249 e. The van der Waals surface area contributed by atoms with E-state index in [9.17, 15) is 9.59 Å². The lowest BCUT2D eigenvalue weighted by Crippen LogP contribution is -2.67. The molecule has 0 saturated carbocycles. The van der Waals surface area contributed by atoms with Gasteiger partial charge in [-0.25, -0.2) is 0 Å². The molecule has 2 N–H and O–H groups in total. The van der Waals surface area contributed by atoms with Gasteiger partial charge in [-0.15, -0.1) is 22.0 Å². The zero-order valence-electron chi connectivity index (χ0n) is 15.8. The van der Waals surface area contributed by atoms with E-state index in [4.69, 9.17) is 0 Å². The molecule has 2 amide bonds. The van der Waals surface area contributed by atoms with Gasteiger partial charge in [0.2, 0.25) is 11.8 Å². The van der Waals surface area contributed by atoms with E-state index < -0.39 is 6.04 Å². The van der Waals surface area contributed by atoms with Crippen LogP contribution in [0.3, 0.4) is 0 Å². The van der Waals surface area contributed by atoms with Crippen molar-refractivity contribution < 1.29 is 9.59 Å². The number of hydrogen-bond donors (Lipinski definition) is 2. The highest BCUT2D eigenvalue weighted by atomic mass is 32.2. The van der Waals surface area contributed by atoms with E-state index in [2.05, 4.69) is 45.9 Å². The molecule has 4 rings (SSSR count). The lowest BCUT2D eigenvalue weighted by atomic mass is 9.95. The van der Waals surface area contributed by atoms with E-state index in [0.717, 1.165) is 19.3 Å². The molecule has 3 heterocycles. The molecule has 0 spiro atoms. The van der Waals surface area contributed by atoms with Crippen LogP contribution < -0.4 is 5.32 Å². The van der Waals surface area contributed by atoms with E-state index in [0.29, 0.717) is 12.2 Å². The van der Waals surface area contributed by atoms with Gasteiger partial charge in [0.15, 0.2) is 5.82 Å². The number of aromatic nitrogens is 4. The van der Waals surface area contributed by atoms with Gasteiger partial charge < -0.3 is 10.2 Å². The summed E-state index contributed by atoms with van der Waals surface area (Å²) in [5.41, 5.74) is 1.21. The Morgan fingerprint density at radius 3 is 2.96 bits per heavy atom. The van der Waals surface area contributed by atoms with Crippen LogP contribution in [0.15, 0.2) is 11.6 Å². The minimum absolute atomic E-state index is 0.0544. The molecule has 2 saturated heterocycles. The van der Waals surface area contributed by atoms with Crippen LogP contribution in [0.4, 0.5) is 0 Å². The van der Waals surface area contributed by atoms with Gasteiger partial charge in [0.25, 0.3) is 0 Å². The molecule has 9 heteroatoms. The lowest BCUT2D eigenvalue weighted by Gasteiger charge is -2.44. The fourth-order valence-corrected chi connectivity index (χ4v) is 5.93. The molecule has 2 aliphatic heterocycles. The number of allylic oxidation sites excluding steroid dienone is 1. The van der Waals surface area contributed by atoms with E-state index in [1.54, 1.807) is 16.7 Å². The van der Waals surface area contributed by atoms with Gasteiger partial charge in [-0.3, -0.25) is 9.59 Å². The topological polar surface area (TPSA) is 104 Å². The number of tetrazole rings is 1. The standard InChI is InChI=1S/C18H26N6O2S/c1-18(2)14(15-20-22-23-21-15)24-16(26)13(17(24)27-18)19-12(25)10-11-8-6-4-3-5-7-9-11/h8,13-14,17H,3-7,9-10H2,1-2H3,(H,19,25)(H,20,21,22,23)/b11-8+/t13?,14?,17-/m0/s1. The molecule has 3 aliphatic rings. The number of H-pyrrole nitrogens is 1. The van der Waals surface area contributed by atoms with Gasteiger partial charge in [0.1, 0.15) is 17.5 Å². The third kappa shape index (κ3) is 3.49. The molecule has 0 aromatic carbocycles. The average Bonchev–Trinajstić information content (AvgIpc) is 3.19. The minimum atomic E-state index is -0.465. The molecule has 0 radical (unpaired) electrons. The first kappa shape index (κ1) is 18.5. The highest BCUT2D eigenvalue weighted by Gasteiger charge is 2.63. The molecule has 1 aromatic heterocycles. The fraction of sp³-hybridized carbons (Fsp3) is 0.722. The van der Waals surface area contributed by atoms with Crippen molar-refractivity contribution in [3.05, 3.63) is 17.5 Å². The normalized spacial score (nSPS) is 31.9. The number of fused-ring (bicyclic) bond motifs is 1. The summed E-state index contributed by atoms with van der Waals surface area (Å²) in [5.74, 6) is 0.405. The largest absolute Gasteiger partial charge is 0.341 e. The summed E-state index contributed by atoms with van der Waals surface area (Å²) in [4.78, 5) is 27.1. The Morgan fingerprint density at radius 1 is 1.37 bits per heavy atom. The maximum Gasteiger partial charge on any atom is 0.249 e. The number of rotatable bonds is 4. The van der Waals surface area contributed by atoms with Crippen LogP contribution in [0.2, 0.25) is 0 Å². The van der Waals surface area contributed by atoms with Gasteiger partial charge in [-0.1, -0.05) is 29.7 Å². The molecule has 1 aromatic rings. The Kier molecular flexibility index (Phi) is 4.96. The van der Waals surface area contributed by atoms with Crippen LogP contribution in [0, 0.1) is 0 Å². The van der Waals surface area contributed by atoms with Crippen LogP contribution in [-0.2, 0) is 9.59 Å². The third-order valence-corrected chi connectivity index (χ3v) is 7.21. The molecule has 2 unspecified atom stereocenters.